The SMILES string of the molecule is c1ccc(-c2cccc(C3N=C(c4cc(-n5c6ccccc6c6cc7ccccc7cc65)cc5oc6ccccc6c45)N=C(c4cc5ccccc5c5ccccc45)N3)c2)cc1. The van der Waals surface area contributed by atoms with Gasteiger partial charge in [-0.25, -0.2) is 9.98 Å². The van der Waals surface area contributed by atoms with Crippen molar-refractivity contribution in [2.45, 2.75) is 6.17 Å². The molecule has 3 heterocycles. The Bertz CT molecular complexity index is 3850. The van der Waals surface area contributed by atoms with Crippen molar-refractivity contribution in [3.05, 3.63) is 223 Å². The molecule has 0 amide bonds. The lowest BCUT2D eigenvalue weighted by Crippen LogP contribution is -2.33. The van der Waals surface area contributed by atoms with Gasteiger partial charge in [0.05, 0.1) is 16.7 Å². The highest BCUT2D eigenvalue weighted by atomic mass is 16.3. The average molecular weight is 793 g/mol. The fourth-order valence-electron chi connectivity index (χ4n) is 9.72. The summed E-state index contributed by atoms with van der Waals surface area (Å²) in [5.41, 5.74) is 10.1. The number of nitrogens with one attached hydrogen (secondary N) is 1. The first-order valence-electron chi connectivity index (χ1n) is 21.1. The number of amidine groups is 2. The summed E-state index contributed by atoms with van der Waals surface area (Å²) < 4.78 is 9.15. The van der Waals surface area contributed by atoms with Crippen molar-refractivity contribution in [2.24, 2.45) is 9.98 Å². The minimum atomic E-state index is -0.442. The van der Waals surface area contributed by atoms with Crippen LogP contribution >= 0.6 is 0 Å². The maximum absolute atomic E-state index is 6.78. The Hall–Kier alpha value is -8.28. The van der Waals surface area contributed by atoms with Crippen LogP contribution in [0.2, 0.25) is 0 Å². The van der Waals surface area contributed by atoms with E-state index in [9.17, 15) is 0 Å². The molecule has 0 fully saturated rings. The highest BCUT2D eigenvalue weighted by Gasteiger charge is 2.27. The third-order valence-corrected chi connectivity index (χ3v) is 12.6. The van der Waals surface area contributed by atoms with Crippen LogP contribution in [-0.4, -0.2) is 16.2 Å². The second kappa shape index (κ2) is 13.6. The first-order valence-corrected chi connectivity index (χ1v) is 21.1. The van der Waals surface area contributed by atoms with Crippen LogP contribution in [0.15, 0.2) is 221 Å². The molecule has 13 rings (SSSR count). The lowest BCUT2D eigenvalue weighted by Gasteiger charge is -2.25. The van der Waals surface area contributed by atoms with Gasteiger partial charge >= 0.3 is 0 Å². The van der Waals surface area contributed by atoms with Crippen LogP contribution in [0.4, 0.5) is 0 Å². The van der Waals surface area contributed by atoms with Crippen LogP contribution in [0.1, 0.15) is 22.9 Å². The molecule has 290 valence electrons. The molecule has 5 heteroatoms. The van der Waals surface area contributed by atoms with E-state index in [-0.39, 0.29) is 0 Å². The summed E-state index contributed by atoms with van der Waals surface area (Å²) in [5, 5.41) is 15.3. The Morgan fingerprint density at radius 2 is 1.11 bits per heavy atom. The molecule has 12 aromatic rings. The monoisotopic (exact) mass is 792 g/mol. The lowest BCUT2D eigenvalue weighted by atomic mass is 9.96. The van der Waals surface area contributed by atoms with Crippen LogP contribution in [0.25, 0.3) is 92.9 Å². The van der Waals surface area contributed by atoms with Gasteiger partial charge in [-0.2, -0.15) is 0 Å². The molecule has 1 atom stereocenters. The third kappa shape index (κ3) is 5.42. The van der Waals surface area contributed by atoms with Crippen LogP contribution in [0, 0.1) is 0 Å². The van der Waals surface area contributed by atoms with E-state index in [4.69, 9.17) is 14.4 Å². The molecule has 10 aromatic carbocycles. The number of fused-ring (bicyclic) bond motifs is 10. The Morgan fingerprint density at radius 1 is 0.435 bits per heavy atom. The highest BCUT2D eigenvalue weighted by molar-refractivity contribution is 6.26. The quantitative estimate of drug-likeness (QED) is 0.177. The first-order chi connectivity index (χ1) is 30.7. The Kier molecular flexibility index (Phi) is 7.60. The number of rotatable bonds is 5. The third-order valence-electron chi connectivity index (χ3n) is 12.6. The molecule has 0 spiro atoms. The maximum Gasteiger partial charge on any atom is 0.160 e. The molecule has 62 heavy (non-hydrogen) atoms. The fraction of sp³-hybridized carbons (Fsp3) is 0.0175. The largest absolute Gasteiger partial charge is 0.456 e. The normalized spacial score (nSPS) is 14.3. The van der Waals surface area contributed by atoms with E-state index >= 15 is 0 Å². The number of aromatic nitrogens is 1. The summed E-state index contributed by atoms with van der Waals surface area (Å²) in [7, 11) is 0. The molecule has 1 N–H and O–H groups in total. The summed E-state index contributed by atoms with van der Waals surface area (Å²) in [6.45, 7) is 0. The number of aliphatic imine (C=N–C) groups is 2. The summed E-state index contributed by atoms with van der Waals surface area (Å²) in [4.78, 5) is 11.1. The summed E-state index contributed by atoms with van der Waals surface area (Å²) in [6.07, 6.45) is -0.442. The zero-order valence-electron chi connectivity index (χ0n) is 33.5. The Balaban J connectivity index is 1.10. The topological polar surface area (TPSA) is 54.8 Å². The Morgan fingerprint density at radius 3 is 1.97 bits per heavy atom. The molecular formula is C57H36N4O. The predicted molar refractivity (Wildman–Crippen MR) is 258 cm³/mol. The van der Waals surface area contributed by atoms with E-state index in [1.165, 1.54) is 32.3 Å². The first kappa shape index (κ1) is 34.6. The van der Waals surface area contributed by atoms with Crippen LogP contribution in [0.3, 0.4) is 0 Å². The number of benzene rings is 10. The van der Waals surface area contributed by atoms with Crippen molar-refractivity contribution < 1.29 is 4.42 Å². The zero-order valence-corrected chi connectivity index (χ0v) is 33.5. The average Bonchev–Trinajstić information content (AvgIpc) is 3.88. The van der Waals surface area contributed by atoms with Gasteiger partial charge in [0.15, 0.2) is 5.84 Å². The predicted octanol–water partition coefficient (Wildman–Crippen LogP) is 14.3. The van der Waals surface area contributed by atoms with Crippen molar-refractivity contribution in [3.63, 3.8) is 0 Å². The molecule has 2 aromatic heterocycles. The van der Waals surface area contributed by atoms with Gasteiger partial charge in [0.2, 0.25) is 0 Å². The number of hydrogen-bond acceptors (Lipinski definition) is 4. The highest BCUT2D eigenvalue weighted by Crippen LogP contribution is 2.40. The second-order valence-electron chi connectivity index (χ2n) is 16.2. The van der Waals surface area contributed by atoms with Crippen molar-refractivity contribution in [2.75, 3.05) is 0 Å². The molecule has 1 aliphatic rings. The maximum atomic E-state index is 6.78. The lowest BCUT2D eigenvalue weighted by molar-refractivity contribution is 0.668. The smallest absolute Gasteiger partial charge is 0.160 e. The van der Waals surface area contributed by atoms with Crippen LogP contribution in [-0.2, 0) is 0 Å². The van der Waals surface area contributed by atoms with Gasteiger partial charge in [-0.1, -0.05) is 158 Å². The van der Waals surface area contributed by atoms with Crippen molar-refractivity contribution >= 4 is 87.7 Å². The van der Waals surface area contributed by atoms with Gasteiger partial charge in [0.1, 0.15) is 23.2 Å². The molecule has 0 radical (unpaired) electrons. The number of nitrogens with zero attached hydrogens (tertiary/aromatic N) is 3. The van der Waals surface area contributed by atoms with Crippen molar-refractivity contribution in [1.82, 2.24) is 9.88 Å². The van der Waals surface area contributed by atoms with E-state index in [1.54, 1.807) is 0 Å². The minimum Gasteiger partial charge on any atom is -0.456 e. The van der Waals surface area contributed by atoms with Gasteiger partial charge in [-0.05, 0) is 91.5 Å². The molecule has 1 unspecified atom stereocenters. The van der Waals surface area contributed by atoms with E-state index in [0.717, 1.165) is 83.1 Å². The number of para-hydroxylation sites is 2. The van der Waals surface area contributed by atoms with Gasteiger partial charge in [-0.15, -0.1) is 0 Å². The molecule has 5 nitrogen and oxygen atoms in total. The second-order valence-corrected chi connectivity index (χ2v) is 16.2. The Labute approximate surface area is 356 Å². The molecule has 0 saturated carbocycles. The number of hydrogen-bond donors (Lipinski definition) is 1. The summed E-state index contributed by atoms with van der Waals surface area (Å²) in [5.74, 6) is 1.40. The summed E-state index contributed by atoms with van der Waals surface area (Å²) >= 11 is 0. The molecule has 0 bridgehead atoms. The van der Waals surface area contributed by atoms with E-state index < -0.39 is 6.17 Å². The van der Waals surface area contributed by atoms with E-state index in [0.29, 0.717) is 5.84 Å². The van der Waals surface area contributed by atoms with Gasteiger partial charge < -0.3 is 14.3 Å². The van der Waals surface area contributed by atoms with Crippen molar-refractivity contribution in [3.8, 4) is 16.8 Å². The van der Waals surface area contributed by atoms with Gasteiger partial charge in [-0.3, -0.25) is 0 Å². The van der Waals surface area contributed by atoms with E-state index in [2.05, 4.69) is 204 Å². The van der Waals surface area contributed by atoms with Crippen molar-refractivity contribution in [1.29, 1.82) is 0 Å². The molecular weight excluding hydrogens is 757 g/mol. The molecule has 1 aliphatic heterocycles. The summed E-state index contributed by atoms with van der Waals surface area (Å²) in [6, 6.07) is 73.4. The number of furan rings is 1. The molecule has 0 aliphatic carbocycles. The van der Waals surface area contributed by atoms with Crippen LogP contribution < -0.4 is 5.32 Å². The zero-order chi connectivity index (χ0) is 40.7. The van der Waals surface area contributed by atoms with Crippen LogP contribution in [0.5, 0.6) is 0 Å². The van der Waals surface area contributed by atoms with Gasteiger partial charge in [0, 0.05) is 38.7 Å². The van der Waals surface area contributed by atoms with E-state index in [1.807, 2.05) is 12.1 Å². The molecule has 0 saturated heterocycles. The minimum absolute atomic E-state index is 0.442. The fourth-order valence-corrected chi connectivity index (χ4v) is 9.72. The van der Waals surface area contributed by atoms with Gasteiger partial charge in [0.25, 0.3) is 0 Å². The standard InChI is InChI=1S/C57H36N4O/c1-2-15-35(16-3-1)36-20-14-21-40(29-36)55-58-56(48-31-39-19-6-7-22-42(39)43-23-8-9-24-44(43)48)60-57(59-55)49-33-41(34-53-54(49)46-26-11-13-28-52(46)62-53)61-50-27-12-10-25-45(50)47-30-37-17-4-5-18-38(37)32-51(47)61/h1-34,55H,(H,58,59,60).